The van der Waals surface area contributed by atoms with E-state index in [1.54, 1.807) is 30.3 Å². The van der Waals surface area contributed by atoms with Crippen molar-refractivity contribution >= 4 is 52.9 Å². The largest absolute Gasteiger partial charge is 0.481 e. The Kier molecular flexibility index (Phi) is 15.6. The van der Waals surface area contributed by atoms with Gasteiger partial charge in [-0.15, -0.1) is 12.3 Å². The number of anilines is 2. The van der Waals surface area contributed by atoms with Crippen molar-refractivity contribution in [2.24, 2.45) is 11.7 Å². The van der Waals surface area contributed by atoms with Gasteiger partial charge >= 0.3 is 12.0 Å². The van der Waals surface area contributed by atoms with Crippen molar-refractivity contribution in [3.63, 3.8) is 0 Å². The Balaban J connectivity index is 1.69. The van der Waals surface area contributed by atoms with Gasteiger partial charge in [-0.2, -0.15) is 0 Å². The molecule has 2 aromatic rings. The van der Waals surface area contributed by atoms with E-state index in [2.05, 4.69) is 32.5 Å². The average molecular weight is 746 g/mol. The molecule has 7 amide bonds. The molecule has 0 aromatic heterocycles. The molecule has 0 spiro atoms. The predicted octanol–water partition coefficient (Wildman–Crippen LogP) is 2.83. The van der Waals surface area contributed by atoms with E-state index in [1.807, 2.05) is 39.0 Å². The van der Waals surface area contributed by atoms with Crippen molar-refractivity contribution in [1.29, 1.82) is 0 Å². The first-order valence-electron chi connectivity index (χ1n) is 17.9. The van der Waals surface area contributed by atoms with Crippen LogP contribution in [0.25, 0.3) is 0 Å². The fourth-order valence-electron chi connectivity index (χ4n) is 6.23. The summed E-state index contributed by atoms with van der Waals surface area (Å²) in [5, 5.41) is 22.7. The van der Waals surface area contributed by atoms with Gasteiger partial charge in [0.25, 0.3) is 0 Å². The number of nitrogens with two attached hydrogens (primary N) is 1. The molecule has 15 nitrogen and oxygen atoms in total. The van der Waals surface area contributed by atoms with E-state index in [4.69, 9.17) is 12.2 Å². The second-order valence-corrected chi connectivity index (χ2v) is 14.0. The number of aliphatic carboxylic acids is 1. The molecule has 2 aromatic carbocycles. The second-order valence-electron chi connectivity index (χ2n) is 14.0. The van der Waals surface area contributed by atoms with E-state index < -0.39 is 71.6 Å². The third kappa shape index (κ3) is 12.4. The number of urea groups is 1. The van der Waals surface area contributed by atoms with Crippen LogP contribution in [0.15, 0.2) is 48.5 Å². The zero-order chi connectivity index (χ0) is 40.0. The molecule has 0 radical (unpaired) electrons. The second kappa shape index (κ2) is 19.8. The summed E-state index contributed by atoms with van der Waals surface area (Å²) in [6.07, 6.45) is 7.28. The minimum absolute atomic E-state index is 0.0833. The molecular weight excluding hydrogens is 694 g/mol. The third-order valence-electron chi connectivity index (χ3n) is 9.33. The van der Waals surface area contributed by atoms with Crippen LogP contribution in [0.2, 0.25) is 0 Å². The lowest BCUT2D eigenvalue weighted by molar-refractivity contribution is -0.143. The lowest BCUT2D eigenvalue weighted by Crippen LogP contribution is -2.63. The van der Waals surface area contributed by atoms with Gasteiger partial charge in [-0.1, -0.05) is 63.4 Å². The maximum absolute atomic E-state index is 13.7. The minimum Gasteiger partial charge on any atom is -0.481 e. The summed E-state index contributed by atoms with van der Waals surface area (Å²) in [7, 11) is 1.44. The highest BCUT2D eigenvalue weighted by Gasteiger charge is 2.41. The Bertz CT molecular complexity index is 1730. The van der Waals surface area contributed by atoms with Crippen LogP contribution in [-0.4, -0.2) is 82.3 Å². The number of hydrogen-bond acceptors (Lipinski definition) is 7. The summed E-state index contributed by atoms with van der Waals surface area (Å²) in [6, 6.07) is 9.46. The number of primary amides is 1. The van der Waals surface area contributed by atoms with Crippen molar-refractivity contribution in [3.05, 3.63) is 59.7 Å². The summed E-state index contributed by atoms with van der Waals surface area (Å²) in [5.74, 6) is -2.84. The zero-order valence-corrected chi connectivity index (χ0v) is 31.2. The topological polar surface area (TPSA) is 229 Å². The maximum Gasteiger partial charge on any atom is 0.323 e. The number of benzene rings is 2. The standard InChI is InChI=1S/C39H51N7O8/c1-6-12-29(35(51)45-39(37(40)53)19-10-7-11-20-39)42-34(50)30(23-33(48)49)43-36(52)31(21-24(2)3)46(5)32(47)22-26-15-17-27(18-16-26)41-38(54)44-28-14-9-8-13-25(28)4/h1,8-9,13-18,24,29-31H,7,10-12,19-23H2,2-5H3,(H2,40,53)(H,42,50)(H,43,52)(H,45,51)(H,48,49)(H2,41,44,54)/t29-,30+,31+/m1/s1. The smallest absolute Gasteiger partial charge is 0.323 e. The first kappa shape index (κ1) is 42.5. The normalized spacial score (nSPS) is 15.0. The zero-order valence-electron chi connectivity index (χ0n) is 31.2. The van der Waals surface area contributed by atoms with E-state index in [-0.39, 0.29) is 25.2 Å². The van der Waals surface area contributed by atoms with Gasteiger partial charge in [-0.05, 0) is 61.4 Å². The number of carbonyl (C=O) groups is 7. The Morgan fingerprint density at radius 1 is 0.889 bits per heavy atom. The summed E-state index contributed by atoms with van der Waals surface area (Å²) < 4.78 is 0. The Hall–Kier alpha value is -5.91. The number of para-hydroxylation sites is 1. The van der Waals surface area contributed by atoms with E-state index in [9.17, 15) is 38.7 Å². The molecular formula is C39H51N7O8. The number of carbonyl (C=O) groups excluding carboxylic acids is 6. The number of rotatable bonds is 17. The van der Waals surface area contributed by atoms with Gasteiger partial charge in [-0.25, -0.2) is 4.79 Å². The van der Waals surface area contributed by atoms with Crippen molar-refractivity contribution < 1.29 is 38.7 Å². The predicted molar refractivity (Wildman–Crippen MR) is 203 cm³/mol. The fraction of sp³-hybridized carbons (Fsp3) is 0.462. The van der Waals surface area contributed by atoms with Gasteiger partial charge in [0, 0.05) is 24.8 Å². The molecule has 0 unspecified atom stereocenters. The Labute approximate surface area is 315 Å². The van der Waals surface area contributed by atoms with Gasteiger partial charge in [0.2, 0.25) is 29.5 Å². The summed E-state index contributed by atoms with van der Waals surface area (Å²) in [4.78, 5) is 91.8. The first-order valence-corrected chi connectivity index (χ1v) is 17.9. The molecule has 0 aliphatic heterocycles. The Morgan fingerprint density at radius 3 is 2.09 bits per heavy atom. The number of likely N-dealkylation sites (N-methyl/N-ethyl adjacent to an activating group) is 1. The molecule has 0 bridgehead atoms. The van der Waals surface area contributed by atoms with E-state index >= 15 is 0 Å². The minimum atomic E-state index is -1.64. The van der Waals surface area contributed by atoms with Gasteiger partial charge in [0.15, 0.2) is 0 Å². The molecule has 8 N–H and O–H groups in total. The number of terminal acetylenes is 1. The fourth-order valence-corrected chi connectivity index (χ4v) is 6.23. The maximum atomic E-state index is 13.7. The van der Waals surface area contributed by atoms with Crippen LogP contribution in [0, 0.1) is 25.2 Å². The molecule has 15 heteroatoms. The van der Waals surface area contributed by atoms with Gasteiger partial charge in [0.05, 0.1) is 12.8 Å². The van der Waals surface area contributed by atoms with Crippen molar-refractivity contribution in [2.45, 2.75) is 102 Å². The lowest BCUT2D eigenvalue weighted by Gasteiger charge is -2.36. The molecule has 3 atom stereocenters. The molecule has 1 aliphatic rings. The summed E-state index contributed by atoms with van der Waals surface area (Å²) in [6.45, 7) is 5.56. The number of carboxylic acids is 1. The lowest BCUT2D eigenvalue weighted by atomic mass is 9.81. The highest BCUT2D eigenvalue weighted by Crippen LogP contribution is 2.28. The quantitative estimate of drug-likeness (QED) is 0.119. The SMILES string of the molecule is C#CC[C@@H](NC(=O)[C@H](CC(=O)O)NC(=O)[C@H](CC(C)C)N(C)C(=O)Cc1ccc(NC(=O)Nc2ccccc2C)cc1)C(=O)NC1(C(N)=O)CCCCC1. The van der Waals surface area contributed by atoms with Crippen molar-refractivity contribution in [2.75, 3.05) is 17.7 Å². The molecule has 0 saturated heterocycles. The number of carboxylic acid groups (broad SMARTS) is 1. The molecule has 0 heterocycles. The molecule has 1 saturated carbocycles. The van der Waals surface area contributed by atoms with E-state index in [0.717, 1.165) is 12.0 Å². The number of aryl methyl sites for hydroxylation is 1. The molecule has 54 heavy (non-hydrogen) atoms. The van der Waals surface area contributed by atoms with Crippen LogP contribution >= 0.6 is 0 Å². The van der Waals surface area contributed by atoms with Gasteiger partial charge in [-0.3, -0.25) is 28.8 Å². The van der Waals surface area contributed by atoms with Crippen molar-refractivity contribution in [1.82, 2.24) is 20.9 Å². The van der Waals surface area contributed by atoms with Crippen molar-refractivity contribution in [3.8, 4) is 12.3 Å². The highest BCUT2D eigenvalue weighted by atomic mass is 16.4. The van der Waals surface area contributed by atoms with Crippen LogP contribution < -0.4 is 32.3 Å². The monoisotopic (exact) mass is 745 g/mol. The third-order valence-corrected chi connectivity index (χ3v) is 9.33. The molecule has 1 aliphatic carbocycles. The van der Waals surface area contributed by atoms with Crippen LogP contribution in [0.3, 0.4) is 0 Å². The average Bonchev–Trinajstić information content (AvgIpc) is 3.11. The highest BCUT2D eigenvalue weighted by molar-refractivity contribution is 6.00. The van der Waals surface area contributed by atoms with Crippen LogP contribution in [0.5, 0.6) is 0 Å². The summed E-state index contributed by atoms with van der Waals surface area (Å²) in [5.41, 5.74) is 7.01. The number of nitrogens with zero attached hydrogens (tertiary/aromatic N) is 1. The summed E-state index contributed by atoms with van der Waals surface area (Å²) >= 11 is 0. The molecule has 1 fully saturated rings. The number of amides is 7. The van der Waals surface area contributed by atoms with Gasteiger partial charge < -0.3 is 42.3 Å². The Morgan fingerprint density at radius 2 is 1.52 bits per heavy atom. The van der Waals surface area contributed by atoms with Crippen LogP contribution in [0.1, 0.15) is 76.3 Å². The molecule has 290 valence electrons. The van der Waals surface area contributed by atoms with Crippen LogP contribution in [-0.2, 0) is 35.2 Å². The van der Waals surface area contributed by atoms with Crippen LogP contribution in [0.4, 0.5) is 16.2 Å². The molecule has 3 rings (SSSR count). The number of hydrogen-bond donors (Lipinski definition) is 7. The van der Waals surface area contributed by atoms with E-state index in [1.165, 1.54) is 11.9 Å². The first-order chi connectivity index (χ1) is 25.5. The van der Waals surface area contributed by atoms with Gasteiger partial charge in [0.1, 0.15) is 23.7 Å². The van der Waals surface area contributed by atoms with E-state index in [0.29, 0.717) is 42.6 Å². The number of nitrogens with one attached hydrogen (secondary N) is 5.